The van der Waals surface area contributed by atoms with Crippen LogP contribution in [0.4, 0.5) is 0 Å². The Morgan fingerprint density at radius 2 is 2.11 bits per heavy atom. The third-order valence-electron chi connectivity index (χ3n) is 3.92. The molecule has 0 aliphatic heterocycles. The molecule has 0 fully saturated rings. The summed E-state index contributed by atoms with van der Waals surface area (Å²) in [5, 5.41) is 5.31. The molecule has 1 heterocycles. The lowest BCUT2D eigenvalue weighted by molar-refractivity contribution is 0.531. The minimum atomic E-state index is 0.489. The van der Waals surface area contributed by atoms with E-state index in [1.165, 1.54) is 29.7 Å². The van der Waals surface area contributed by atoms with Gasteiger partial charge in [0.2, 0.25) is 0 Å². The van der Waals surface area contributed by atoms with Gasteiger partial charge in [-0.05, 0) is 55.0 Å². The Balaban J connectivity index is 1.86. The highest BCUT2D eigenvalue weighted by Crippen LogP contribution is 2.30. The van der Waals surface area contributed by atoms with Crippen LogP contribution >= 0.6 is 11.6 Å². The van der Waals surface area contributed by atoms with E-state index in [2.05, 4.69) is 21.9 Å². The molecule has 1 aromatic heterocycles. The summed E-state index contributed by atoms with van der Waals surface area (Å²) in [6.45, 7) is 1.53. The summed E-state index contributed by atoms with van der Waals surface area (Å²) in [6.07, 6.45) is 5.51. The SMILES string of the molecule is NCC1CCCc2c1cnn2Cc1ccc(Cl)cc1. The summed E-state index contributed by atoms with van der Waals surface area (Å²) in [5.41, 5.74) is 9.78. The van der Waals surface area contributed by atoms with E-state index in [9.17, 15) is 0 Å². The van der Waals surface area contributed by atoms with Crippen LogP contribution in [0.25, 0.3) is 0 Å². The summed E-state index contributed by atoms with van der Waals surface area (Å²) in [4.78, 5) is 0. The Morgan fingerprint density at radius 1 is 1.32 bits per heavy atom. The zero-order valence-electron chi connectivity index (χ0n) is 10.8. The highest BCUT2D eigenvalue weighted by Gasteiger charge is 2.22. The van der Waals surface area contributed by atoms with E-state index < -0.39 is 0 Å². The molecule has 3 rings (SSSR count). The van der Waals surface area contributed by atoms with Gasteiger partial charge in [-0.25, -0.2) is 0 Å². The first-order valence-electron chi connectivity index (χ1n) is 6.77. The Bertz CT molecular complexity index is 559. The van der Waals surface area contributed by atoms with Crippen molar-refractivity contribution in [3.05, 3.63) is 52.3 Å². The minimum Gasteiger partial charge on any atom is -0.330 e. The van der Waals surface area contributed by atoms with Crippen LogP contribution in [0.2, 0.25) is 5.02 Å². The molecule has 1 aliphatic carbocycles. The van der Waals surface area contributed by atoms with Crippen molar-refractivity contribution in [2.45, 2.75) is 31.7 Å². The van der Waals surface area contributed by atoms with Gasteiger partial charge in [0.15, 0.2) is 0 Å². The molecule has 100 valence electrons. The molecule has 1 unspecified atom stereocenters. The monoisotopic (exact) mass is 275 g/mol. The van der Waals surface area contributed by atoms with Gasteiger partial charge >= 0.3 is 0 Å². The van der Waals surface area contributed by atoms with Gasteiger partial charge in [-0.3, -0.25) is 4.68 Å². The molecule has 19 heavy (non-hydrogen) atoms. The number of hydrogen-bond acceptors (Lipinski definition) is 2. The molecule has 4 heteroatoms. The van der Waals surface area contributed by atoms with E-state index in [4.69, 9.17) is 17.3 Å². The Hall–Kier alpha value is -1.32. The van der Waals surface area contributed by atoms with Crippen LogP contribution < -0.4 is 5.73 Å². The van der Waals surface area contributed by atoms with Crippen LogP contribution in [0.1, 0.15) is 35.6 Å². The smallest absolute Gasteiger partial charge is 0.0662 e. The quantitative estimate of drug-likeness (QED) is 0.936. The molecule has 0 saturated heterocycles. The predicted octanol–water partition coefficient (Wildman–Crippen LogP) is 2.96. The van der Waals surface area contributed by atoms with E-state index in [0.29, 0.717) is 5.92 Å². The second-order valence-corrected chi connectivity index (χ2v) is 5.59. The van der Waals surface area contributed by atoms with Crippen molar-refractivity contribution in [2.24, 2.45) is 5.73 Å². The van der Waals surface area contributed by atoms with Crippen molar-refractivity contribution < 1.29 is 0 Å². The average Bonchev–Trinajstić information content (AvgIpc) is 2.84. The molecule has 2 aromatic rings. The molecule has 0 amide bonds. The van der Waals surface area contributed by atoms with Gasteiger partial charge in [0.05, 0.1) is 12.7 Å². The highest BCUT2D eigenvalue weighted by molar-refractivity contribution is 6.30. The second kappa shape index (κ2) is 5.35. The predicted molar refractivity (Wildman–Crippen MR) is 77.5 cm³/mol. The van der Waals surface area contributed by atoms with E-state index in [-0.39, 0.29) is 0 Å². The maximum Gasteiger partial charge on any atom is 0.0662 e. The lowest BCUT2D eigenvalue weighted by Crippen LogP contribution is -2.19. The van der Waals surface area contributed by atoms with Crippen molar-refractivity contribution in [1.82, 2.24) is 9.78 Å². The number of fused-ring (bicyclic) bond motifs is 1. The van der Waals surface area contributed by atoms with Crippen LogP contribution in [0.3, 0.4) is 0 Å². The van der Waals surface area contributed by atoms with Crippen LogP contribution in [0.15, 0.2) is 30.5 Å². The molecule has 1 aliphatic rings. The zero-order chi connectivity index (χ0) is 13.2. The maximum absolute atomic E-state index is 5.91. The molecule has 0 bridgehead atoms. The van der Waals surface area contributed by atoms with Crippen molar-refractivity contribution in [2.75, 3.05) is 6.54 Å². The largest absolute Gasteiger partial charge is 0.330 e. The summed E-state index contributed by atoms with van der Waals surface area (Å²) in [6, 6.07) is 7.96. The van der Waals surface area contributed by atoms with E-state index >= 15 is 0 Å². The van der Waals surface area contributed by atoms with Gasteiger partial charge < -0.3 is 5.73 Å². The average molecular weight is 276 g/mol. The van der Waals surface area contributed by atoms with Crippen molar-refractivity contribution >= 4 is 11.6 Å². The van der Waals surface area contributed by atoms with E-state index in [0.717, 1.165) is 24.5 Å². The molecule has 0 radical (unpaired) electrons. The van der Waals surface area contributed by atoms with E-state index in [1.54, 1.807) is 0 Å². The standard InChI is InChI=1S/C15H18ClN3/c16-13-6-4-11(5-7-13)10-19-15-3-1-2-12(8-17)14(15)9-18-19/h4-7,9,12H,1-3,8,10,17H2. The fourth-order valence-electron chi connectivity index (χ4n) is 2.85. The molecule has 3 nitrogen and oxygen atoms in total. The van der Waals surface area contributed by atoms with Gasteiger partial charge in [0, 0.05) is 10.7 Å². The molecule has 1 aromatic carbocycles. The number of nitrogens with two attached hydrogens (primary N) is 1. The van der Waals surface area contributed by atoms with Crippen LogP contribution in [-0.2, 0) is 13.0 Å². The number of aromatic nitrogens is 2. The van der Waals surface area contributed by atoms with Gasteiger partial charge in [0.1, 0.15) is 0 Å². The maximum atomic E-state index is 5.91. The summed E-state index contributed by atoms with van der Waals surface area (Å²) in [5.74, 6) is 0.489. The first-order valence-corrected chi connectivity index (χ1v) is 7.15. The summed E-state index contributed by atoms with van der Waals surface area (Å²) < 4.78 is 2.11. The first kappa shape index (κ1) is 12.7. The number of rotatable bonds is 3. The van der Waals surface area contributed by atoms with E-state index in [1.807, 2.05) is 18.3 Å². The lowest BCUT2D eigenvalue weighted by atomic mass is 9.87. The molecule has 0 spiro atoms. The Morgan fingerprint density at radius 3 is 2.84 bits per heavy atom. The molecule has 2 N–H and O–H groups in total. The van der Waals surface area contributed by atoms with Crippen molar-refractivity contribution in [3.8, 4) is 0 Å². The van der Waals surface area contributed by atoms with Gasteiger partial charge in [-0.15, -0.1) is 0 Å². The highest BCUT2D eigenvalue weighted by atomic mass is 35.5. The first-order chi connectivity index (χ1) is 9.28. The van der Waals surface area contributed by atoms with Crippen molar-refractivity contribution in [3.63, 3.8) is 0 Å². The number of halogens is 1. The van der Waals surface area contributed by atoms with Crippen LogP contribution in [0, 0.1) is 0 Å². The molecular formula is C15H18ClN3. The minimum absolute atomic E-state index is 0.489. The van der Waals surface area contributed by atoms with Gasteiger partial charge in [-0.1, -0.05) is 23.7 Å². The second-order valence-electron chi connectivity index (χ2n) is 5.16. The number of benzene rings is 1. The number of nitrogens with zero attached hydrogens (tertiary/aromatic N) is 2. The van der Waals surface area contributed by atoms with Crippen molar-refractivity contribution in [1.29, 1.82) is 0 Å². The van der Waals surface area contributed by atoms with Crippen LogP contribution in [-0.4, -0.2) is 16.3 Å². The van der Waals surface area contributed by atoms with Gasteiger partial charge in [-0.2, -0.15) is 5.10 Å². The fraction of sp³-hybridized carbons (Fsp3) is 0.400. The third-order valence-corrected chi connectivity index (χ3v) is 4.17. The normalized spacial score (nSPS) is 18.3. The third kappa shape index (κ3) is 2.53. The molecular weight excluding hydrogens is 258 g/mol. The summed E-state index contributed by atoms with van der Waals surface area (Å²) >= 11 is 5.91. The topological polar surface area (TPSA) is 43.8 Å². The Kier molecular flexibility index (Phi) is 3.58. The van der Waals surface area contributed by atoms with Gasteiger partial charge in [0.25, 0.3) is 0 Å². The fourth-order valence-corrected chi connectivity index (χ4v) is 2.98. The zero-order valence-corrected chi connectivity index (χ0v) is 11.6. The lowest BCUT2D eigenvalue weighted by Gasteiger charge is -2.21. The molecule has 0 saturated carbocycles. The number of hydrogen-bond donors (Lipinski definition) is 1. The molecule has 1 atom stereocenters. The summed E-state index contributed by atoms with van der Waals surface area (Å²) in [7, 11) is 0. The Labute approximate surface area is 118 Å². The van der Waals surface area contributed by atoms with Crippen LogP contribution in [0.5, 0.6) is 0 Å².